The van der Waals surface area contributed by atoms with E-state index in [1.807, 2.05) is 43.5 Å². The third kappa shape index (κ3) is 6.50. The van der Waals surface area contributed by atoms with Crippen molar-refractivity contribution >= 4 is 17.8 Å². The van der Waals surface area contributed by atoms with E-state index in [0.717, 1.165) is 11.3 Å². The Morgan fingerprint density at radius 3 is 2.74 bits per heavy atom. The second-order valence-corrected chi connectivity index (χ2v) is 4.93. The lowest BCUT2D eigenvalue weighted by molar-refractivity contribution is 0.149. The fourth-order valence-corrected chi connectivity index (χ4v) is 2.27. The van der Waals surface area contributed by atoms with E-state index < -0.39 is 0 Å². The van der Waals surface area contributed by atoms with Gasteiger partial charge in [-0.25, -0.2) is 4.79 Å². The van der Waals surface area contributed by atoms with Gasteiger partial charge in [0.2, 0.25) is 0 Å². The van der Waals surface area contributed by atoms with Crippen LogP contribution in [0.5, 0.6) is 0 Å². The molecule has 1 atom stereocenters. The molecule has 4 nitrogen and oxygen atoms in total. The first-order valence-corrected chi connectivity index (χ1v) is 7.83. The van der Waals surface area contributed by atoms with E-state index in [1.165, 1.54) is 0 Å². The van der Waals surface area contributed by atoms with Crippen LogP contribution in [0.3, 0.4) is 0 Å². The van der Waals surface area contributed by atoms with E-state index in [9.17, 15) is 4.79 Å². The zero-order chi connectivity index (χ0) is 13.9. The van der Waals surface area contributed by atoms with E-state index in [-0.39, 0.29) is 12.1 Å². The quantitative estimate of drug-likeness (QED) is 0.720. The third-order valence-corrected chi connectivity index (χ3v) is 3.24. The molecule has 1 rings (SSSR count). The highest BCUT2D eigenvalue weighted by Gasteiger charge is 2.13. The minimum Gasteiger partial charge on any atom is -0.380 e. The van der Waals surface area contributed by atoms with Gasteiger partial charge in [-0.05, 0) is 18.7 Å². The molecule has 0 aromatic heterocycles. The van der Waals surface area contributed by atoms with Gasteiger partial charge in [-0.2, -0.15) is 11.8 Å². The van der Waals surface area contributed by atoms with E-state index in [0.29, 0.717) is 19.8 Å². The van der Waals surface area contributed by atoms with Crippen LogP contribution in [0.1, 0.15) is 18.5 Å². The minimum atomic E-state index is -0.150. The van der Waals surface area contributed by atoms with Gasteiger partial charge in [0.1, 0.15) is 0 Å². The van der Waals surface area contributed by atoms with Crippen LogP contribution in [0.4, 0.5) is 4.79 Å². The lowest BCUT2D eigenvalue weighted by atomic mass is 10.1. The molecule has 0 saturated heterocycles. The van der Waals surface area contributed by atoms with Crippen molar-refractivity contribution in [1.29, 1.82) is 0 Å². The van der Waals surface area contributed by atoms with Crippen molar-refractivity contribution in [2.45, 2.75) is 13.0 Å². The molecule has 19 heavy (non-hydrogen) atoms. The number of benzene rings is 1. The van der Waals surface area contributed by atoms with Crippen LogP contribution in [-0.4, -0.2) is 37.8 Å². The van der Waals surface area contributed by atoms with Crippen LogP contribution in [0, 0.1) is 0 Å². The molecule has 1 aromatic rings. The molecule has 0 spiro atoms. The van der Waals surface area contributed by atoms with Crippen LogP contribution in [0.2, 0.25) is 0 Å². The number of carbonyl (C=O) groups is 1. The second-order valence-electron chi connectivity index (χ2n) is 4.02. The summed E-state index contributed by atoms with van der Waals surface area (Å²) in [6, 6.07) is 9.88. The van der Waals surface area contributed by atoms with Gasteiger partial charge in [-0.1, -0.05) is 30.3 Å². The van der Waals surface area contributed by atoms with Gasteiger partial charge < -0.3 is 15.4 Å². The number of urea groups is 1. The first-order valence-electron chi connectivity index (χ1n) is 6.44. The van der Waals surface area contributed by atoms with Crippen LogP contribution in [0.15, 0.2) is 30.3 Å². The SMILES string of the molecule is CCOCCNC(=O)N[C@@H](CSC)c1ccccc1. The van der Waals surface area contributed by atoms with Gasteiger partial charge in [0.15, 0.2) is 0 Å². The fourth-order valence-electron chi connectivity index (χ4n) is 1.66. The summed E-state index contributed by atoms with van der Waals surface area (Å²) in [7, 11) is 0. The standard InChI is InChI=1S/C14H22N2O2S/c1-3-18-10-9-15-14(17)16-13(11-19-2)12-7-5-4-6-8-12/h4-8,13H,3,9-11H2,1-2H3,(H2,15,16,17)/t13-/m0/s1. The lowest BCUT2D eigenvalue weighted by Gasteiger charge is -2.18. The Morgan fingerprint density at radius 2 is 2.11 bits per heavy atom. The monoisotopic (exact) mass is 282 g/mol. The van der Waals surface area contributed by atoms with Crippen molar-refractivity contribution in [3.63, 3.8) is 0 Å². The first-order chi connectivity index (χ1) is 9.27. The highest BCUT2D eigenvalue weighted by molar-refractivity contribution is 7.98. The number of rotatable bonds is 8. The second kappa shape index (κ2) is 9.69. The molecule has 0 heterocycles. The molecule has 1 aromatic carbocycles. The van der Waals surface area contributed by atoms with Crippen LogP contribution in [0.25, 0.3) is 0 Å². The molecule has 0 bridgehead atoms. The zero-order valence-corrected chi connectivity index (χ0v) is 12.3. The molecule has 0 aliphatic rings. The Labute approximate surface area is 119 Å². The van der Waals surface area contributed by atoms with Gasteiger partial charge in [0.25, 0.3) is 0 Å². The van der Waals surface area contributed by atoms with Crippen LogP contribution < -0.4 is 10.6 Å². The summed E-state index contributed by atoms with van der Waals surface area (Å²) < 4.78 is 5.17. The van der Waals surface area contributed by atoms with Gasteiger partial charge in [-0.3, -0.25) is 0 Å². The van der Waals surface area contributed by atoms with E-state index in [4.69, 9.17) is 4.74 Å². The predicted molar refractivity (Wildman–Crippen MR) is 80.6 cm³/mol. The average Bonchev–Trinajstić information content (AvgIpc) is 2.44. The summed E-state index contributed by atoms with van der Waals surface area (Å²) in [4.78, 5) is 11.8. The van der Waals surface area contributed by atoms with E-state index in [2.05, 4.69) is 10.6 Å². The van der Waals surface area contributed by atoms with Gasteiger partial charge >= 0.3 is 6.03 Å². The Kier molecular flexibility index (Phi) is 8.09. The van der Waals surface area contributed by atoms with Gasteiger partial charge in [0, 0.05) is 18.9 Å². The number of ether oxygens (including phenoxy) is 1. The maximum absolute atomic E-state index is 11.8. The maximum Gasteiger partial charge on any atom is 0.315 e. The molecule has 2 amide bonds. The molecule has 0 aliphatic carbocycles. The van der Waals surface area contributed by atoms with Crippen molar-refractivity contribution < 1.29 is 9.53 Å². The molecular weight excluding hydrogens is 260 g/mol. The largest absolute Gasteiger partial charge is 0.380 e. The number of nitrogens with one attached hydrogen (secondary N) is 2. The van der Waals surface area contributed by atoms with Gasteiger partial charge in [-0.15, -0.1) is 0 Å². The Bertz CT molecular complexity index is 360. The summed E-state index contributed by atoms with van der Waals surface area (Å²) in [5, 5.41) is 5.78. The fraction of sp³-hybridized carbons (Fsp3) is 0.500. The van der Waals surface area contributed by atoms with Crippen molar-refractivity contribution in [3.05, 3.63) is 35.9 Å². The van der Waals surface area contributed by atoms with Crippen LogP contribution in [-0.2, 0) is 4.74 Å². The average molecular weight is 282 g/mol. The highest BCUT2D eigenvalue weighted by Crippen LogP contribution is 2.16. The Balaban J connectivity index is 2.43. The summed E-state index contributed by atoms with van der Waals surface area (Å²) in [5.74, 6) is 0.850. The number of thioether (sulfide) groups is 1. The van der Waals surface area contributed by atoms with Gasteiger partial charge in [0.05, 0.1) is 12.6 Å². The smallest absolute Gasteiger partial charge is 0.315 e. The number of hydrogen-bond acceptors (Lipinski definition) is 3. The van der Waals surface area contributed by atoms with Crippen LogP contribution >= 0.6 is 11.8 Å². The molecule has 0 saturated carbocycles. The molecule has 2 N–H and O–H groups in total. The molecule has 106 valence electrons. The molecule has 0 aliphatic heterocycles. The number of carbonyl (C=O) groups excluding carboxylic acids is 1. The molecule has 5 heteroatoms. The number of hydrogen-bond donors (Lipinski definition) is 2. The first kappa shape index (κ1) is 15.9. The normalized spacial score (nSPS) is 11.9. The zero-order valence-electron chi connectivity index (χ0n) is 11.5. The molecule has 0 fully saturated rings. The summed E-state index contributed by atoms with van der Waals surface area (Å²) in [6.45, 7) is 3.68. The summed E-state index contributed by atoms with van der Waals surface area (Å²) >= 11 is 1.71. The number of amides is 2. The third-order valence-electron chi connectivity index (χ3n) is 2.58. The summed E-state index contributed by atoms with van der Waals surface area (Å²) in [6.07, 6.45) is 2.03. The van der Waals surface area contributed by atoms with Crippen molar-refractivity contribution in [2.75, 3.05) is 31.8 Å². The van der Waals surface area contributed by atoms with Crippen molar-refractivity contribution in [1.82, 2.24) is 10.6 Å². The minimum absolute atomic E-state index is 0.0308. The Hall–Kier alpha value is -1.20. The van der Waals surface area contributed by atoms with Crippen molar-refractivity contribution in [2.24, 2.45) is 0 Å². The summed E-state index contributed by atoms with van der Waals surface area (Å²) in [5.41, 5.74) is 1.12. The highest BCUT2D eigenvalue weighted by atomic mass is 32.2. The van der Waals surface area contributed by atoms with Crippen molar-refractivity contribution in [3.8, 4) is 0 Å². The predicted octanol–water partition coefficient (Wildman–Crippen LogP) is 2.43. The van der Waals surface area contributed by atoms with E-state index >= 15 is 0 Å². The molecule has 0 radical (unpaired) electrons. The Morgan fingerprint density at radius 1 is 1.37 bits per heavy atom. The topological polar surface area (TPSA) is 50.4 Å². The molecule has 0 unspecified atom stereocenters. The molecular formula is C14H22N2O2S. The van der Waals surface area contributed by atoms with E-state index in [1.54, 1.807) is 11.8 Å². The maximum atomic E-state index is 11.8. The lowest BCUT2D eigenvalue weighted by Crippen LogP contribution is -2.40.